The number of rotatable bonds is 8. The van der Waals surface area contributed by atoms with Crippen molar-refractivity contribution < 1.29 is 13.2 Å². The summed E-state index contributed by atoms with van der Waals surface area (Å²) in [6.45, 7) is 1.95. The Morgan fingerprint density at radius 1 is 1.21 bits per heavy atom. The zero-order valence-electron chi connectivity index (χ0n) is 10.7. The van der Waals surface area contributed by atoms with Gasteiger partial charge in [-0.25, -0.2) is 8.42 Å². The number of hydrogen-bond acceptors (Lipinski definition) is 4. The smallest absolute Gasteiger partial charge is 0.178 e. The van der Waals surface area contributed by atoms with E-state index in [0.29, 0.717) is 31.1 Å². The molecule has 108 valence electrons. The number of halogens is 2. The molecule has 0 aliphatic heterocycles. The number of methoxy groups -OCH3 is 1. The van der Waals surface area contributed by atoms with Crippen LogP contribution >= 0.6 is 23.2 Å². The minimum Gasteiger partial charge on any atom is -0.383 e. The van der Waals surface area contributed by atoms with E-state index in [-0.39, 0.29) is 15.7 Å². The quantitative estimate of drug-likeness (QED) is 0.746. The number of nitrogens with one attached hydrogen (secondary N) is 1. The molecule has 0 heterocycles. The molecule has 0 saturated heterocycles. The van der Waals surface area contributed by atoms with Crippen LogP contribution in [0.4, 0.5) is 0 Å². The van der Waals surface area contributed by atoms with Gasteiger partial charge in [0.2, 0.25) is 0 Å². The molecule has 0 aromatic heterocycles. The average molecular weight is 326 g/mol. The molecule has 0 atom stereocenters. The molecule has 4 nitrogen and oxygen atoms in total. The summed E-state index contributed by atoms with van der Waals surface area (Å²) in [4.78, 5) is 0.207. The van der Waals surface area contributed by atoms with Crippen molar-refractivity contribution in [3.05, 3.63) is 28.2 Å². The third-order valence-electron chi connectivity index (χ3n) is 2.50. The van der Waals surface area contributed by atoms with Crippen molar-refractivity contribution in [2.75, 3.05) is 32.6 Å². The third kappa shape index (κ3) is 5.67. The molecular weight excluding hydrogens is 309 g/mol. The fourth-order valence-electron chi connectivity index (χ4n) is 1.47. The highest BCUT2D eigenvalue weighted by Crippen LogP contribution is 2.25. The van der Waals surface area contributed by atoms with Gasteiger partial charge >= 0.3 is 0 Å². The minimum absolute atomic E-state index is 0.0743. The predicted molar refractivity (Wildman–Crippen MR) is 77.9 cm³/mol. The monoisotopic (exact) mass is 325 g/mol. The number of sulfone groups is 1. The summed E-state index contributed by atoms with van der Waals surface area (Å²) in [7, 11) is -1.69. The van der Waals surface area contributed by atoms with Crippen LogP contribution in [0, 0.1) is 0 Å². The van der Waals surface area contributed by atoms with Gasteiger partial charge in [-0.2, -0.15) is 0 Å². The van der Waals surface area contributed by atoms with Crippen molar-refractivity contribution >= 4 is 33.0 Å². The second-order valence-electron chi connectivity index (χ2n) is 3.99. The highest BCUT2D eigenvalue weighted by Gasteiger charge is 2.15. The molecule has 0 fully saturated rings. The van der Waals surface area contributed by atoms with Gasteiger partial charge in [0.15, 0.2) is 9.84 Å². The van der Waals surface area contributed by atoms with Crippen LogP contribution in [0.5, 0.6) is 0 Å². The SMILES string of the molecule is COCCNCCCS(=O)(=O)c1ccc(Cl)c(Cl)c1. The van der Waals surface area contributed by atoms with Gasteiger partial charge in [-0.15, -0.1) is 0 Å². The molecule has 1 aromatic carbocycles. The van der Waals surface area contributed by atoms with E-state index in [4.69, 9.17) is 27.9 Å². The largest absolute Gasteiger partial charge is 0.383 e. The van der Waals surface area contributed by atoms with Crippen LogP contribution in [0.3, 0.4) is 0 Å². The Labute approximate surface area is 124 Å². The van der Waals surface area contributed by atoms with Crippen LogP contribution in [0.25, 0.3) is 0 Å². The van der Waals surface area contributed by atoms with E-state index in [0.717, 1.165) is 0 Å². The molecule has 0 radical (unpaired) electrons. The van der Waals surface area contributed by atoms with Crippen molar-refractivity contribution in [2.45, 2.75) is 11.3 Å². The maximum Gasteiger partial charge on any atom is 0.178 e. The second-order valence-corrected chi connectivity index (χ2v) is 6.91. The van der Waals surface area contributed by atoms with E-state index in [1.165, 1.54) is 18.2 Å². The lowest BCUT2D eigenvalue weighted by molar-refractivity contribution is 0.199. The third-order valence-corrected chi connectivity index (χ3v) is 5.04. The zero-order chi connectivity index (χ0) is 14.3. The highest BCUT2D eigenvalue weighted by molar-refractivity contribution is 7.91. The summed E-state index contributed by atoms with van der Waals surface area (Å²) in [6, 6.07) is 4.35. The second kappa shape index (κ2) is 8.07. The lowest BCUT2D eigenvalue weighted by Gasteiger charge is -2.06. The predicted octanol–water partition coefficient (Wildman–Crippen LogP) is 2.39. The summed E-state index contributed by atoms with van der Waals surface area (Å²) >= 11 is 11.6. The molecule has 1 N–H and O–H groups in total. The maximum absolute atomic E-state index is 12.0. The molecule has 0 bridgehead atoms. The number of benzene rings is 1. The normalized spacial score (nSPS) is 11.7. The first kappa shape index (κ1) is 16.7. The van der Waals surface area contributed by atoms with Crippen LogP contribution in [-0.2, 0) is 14.6 Å². The van der Waals surface area contributed by atoms with Gasteiger partial charge in [-0.1, -0.05) is 23.2 Å². The van der Waals surface area contributed by atoms with Gasteiger partial charge in [0.05, 0.1) is 27.3 Å². The van der Waals surface area contributed by atoms with Gasteiger partial charge in [0.25, 0.3) is 0 Å². The molecule has 1 rings (SSSR count). The van der Waals surface area contributed by atoms with E-state index in [1.807, 2.05) is 0 Å². The average Bonchev–Trinajstić information content (AvgIpc) is 2.36. The first-order chi connectivity index (χ1) is 8.97. The fraction of sp³-hybridized carbons (Fsp3) is 0.500. The van der Waals surface area contributed by atoms with Crippen LogP contribution < -0.4 is 5.32 Å². The van der Waals surface area contributed by atoms with Crippen molar-refractivity contribution in [2.24, 2.45) is 0 Å². The molecular formula is C12H17Cl2NO3S. The van der Waals surface area contributed by atoms with Gasteiger partial charge in [0.1, 0.15) is 0 Å². The molecule has 7 heteroatoms. The fourth-order valence-corrected chi connectivity index (χ4v) is 3.17. The first-order valence-electron chi connectivity index (χ1n) is 5.85. The van der Waals surface area contributed by atoms with Gasteiger partial charge in [-0.05, 0) is 31.2 Å². The van der Waals surface area contributed by atoms with Crippen LogP contribution in [0.2, 0.25) is 10.0 Å². The maximum atomic E-state index is 12.0. The Morgan fingerprint density at radius 3 is 2.58 bits per heavy atom. The molecule has 0 amide bonds. The summed E-state index contributed by atoms with van der Waals surface area (Å²) in [5, 5.41) is 3.69. The van der Waals surface area contributed by atoms with Gasteiger partial charge < -0.3 is 10.1 Å². The zero-order valence-corrected chi connectivity index (χ0v) is 13.0. The Bertz CT molecular complexity index is 506. The summed E-state index contributed by atoms with van der Waals surface area (Å²) in [5.74, 6) is 0.0743. The molecule has 0 aliphatic rings. The van der Waals surface area contributed by atoms with E-state index >= 15 is 0 Å². The molecule has 0 saturated carbocycles. The van der Waals surface area contributed by atoms with Crippen molar-refractivity contribution in [3.8, 4) is 0 Å². The van der Waals surface area contributed by atoms with Gasteiger partial charge in [-0.3, -0.25) is 0 Å². The first-order valence-corrected chi connectivity index (χ1v) is 8.25. The summed E-state index contributed by atoms with van der Waals surface area (Å²) in [5.41, 5.74) is 0. The van der Waals surface area contributed by atoms with Crippen molar-refractivity contribution in [1.29, 1.82) is 0 Å². The lowest BCUT2D eigenvalue weighted by atomic mass is 10.4. The van der Waals surface area contributed by atoms with E-state index < -0.39 is 9.84 Å². The van der Waals surface area contributed by atoms with Crippen molar-refractivity contribution in [1.82, 2.24) is 5.32 Å². The molecule has 0 aliphatic carbocycles. The lowest BCUT2D eigenvalue weighted by Crippen LogP contribution is -2.22. The van der Waals surface area contributed by atoms with Gasteiger partial charge in [0, 0.05) is 13.7 Å². The van der Waals surface area contributed by atoms with E-state index in [1.54, 1.807) is 7.11 Å². The van der Waals surface area contributed by atoms with Crippen LogP contribution in [-0.4, -0.2) is 41.0 Å². The van der Waals surface area contributed by atoms with E-state index in [2.05, 4.69) is 5.32 Å². The Balaban J connectivity index is 2.49. The molecule has 19 heavy (non-hydrogen) atoms. The number of hydrogen-bond donors (Lipinski definition) is 1. The standard InChI is InChI=1S/C12H17Cl2NO3S/c1-18-7-6-15-5-2-8-19(16,17)10-3-4-11(13)12(14)9-10/h3-4,9,15H,2,5-8H2,1H3. The van der Waals surface area contributed by atoms with Crippen molar-refractivity contribution in [3.63, 3.8) is 0 Å². The van der Waals surface area contributed by atoms with Crippen LogP contribution in [0.1, 0.15) is 6.42 Å². The summed E-state index contributed by atoms with van der Waals surface area (Å²) < 4.78 is 28.9. The van der Waals surface area contributed by atoms with E-state index in [9.17, 15) is 8.42 Å². The number of ether oxygens (including phenoxy) is 1. The Morgan fingerprint density at radius 2 is 1.95 bits per heavy atom. The summed E-state index contributed by atoms with van der Waals surface area (Å²) in [6.07, 6.45) is 0.534. The van der Waals surface area contributed by atoms with Crippen LogP contribution in [0.15, 0.2) is 23.1 Å². The molecule has 0 unspecified atom stereocenters. The molecule has 1 aromatic rings. The minimum atomic E-state index is -3.31. The Hall–Kier alpha value is -0.330. The highest BCUT2D eigenvalue weighted by atomic mass is 35.5. The Kier molecular flexibility index (Phi) is 7.10. The topological polar surface area (TPSA) is 55.4 Å². The molecule has 0 spiro atoms.